The van der Waals surface area contributed by atoms with Crippen LogP contribution in [0.2, 0.25) is 0 Å². The van der Waals surface area contributed by atoms with Crippen molar-refractivity contribution < 1.29 is 92.6 Å². The van der Waals surface area contributed by atoms with Crippen molar-refractivity contribution in [2.75, 3.05) is 18.1 Å². The predicted octanol–water partition coefficient (Wildman–Crippen LogP) is -7.56. The molecule has 2 aliphatic rings. The van der Waals surface area contributed by atoms with Gasteiger partial charge in [-0.1, -0.05) is 18.2 Å². The number of β-lactam (4-membered cyclic amide) rings is 1. The molecule has 2 aliphatic heterocycles. The summed E-state index contributed by atoms with van der Waals surface area (Å²) in [6.45, 7) is -0.521. The van der Waals surface area contributed by atoms with Gasteiger partial charge >= 0.3 is 65.2 Å². The van der Waals surface area contributed by atoms with E-state index in [-0.39, 0.29) is 76.9 Å². The van der Waals surface area contributed by atoms with Crippen molar-refractivity contribution in [3.8, 4) is 0 Å². The second kappa shape index (κ2) is 11.6. The Balaban J connectivity index is 0.00000240. The van der Waals surface area contributed by atoms with E-state index in [1.807, 2.05) is 0 Å². The number of para-hydroxylation sites is 1. The Morgan fingerprint density at radius 2 is 1.94 bits per heavy atom. The number of amides is 3. The number of hydrogen-bond acceptors (Lipinski definition) is 9. The molecule has 0 aliphatic carbocycles. The summed E-state index contributed by atoms with van der Waals surface area (Å²) >= 11 is 1.13. The quantitative estimate of drug-likeness (QED) is 0.152. The number of nitrogens with two attached hydrogens (primary N) is 2. The number of primary amides is 1. The van der Waals surface area contributed by atoms with Crippen molar-refractivity contribution in [2.45, 2.75) is 17.8 Å². The van der Waals surface area contributed by atoms with Gasteiger partial charge < -0.3 is 35.9 Å². The van der Waals surface area contributed by atoms with Crippen molar-refractivity contribution in [3.05, 3.63) is 40.8 Å². The molecule has 5 N–H and O–H groups in total. The van der Waals surface area contributed by atoms with Crippen molar-refractivity contribution in [2.24, 2.45) is 5.73 Å². The molecule has 0 bridgehead atoms. The topological polar surface area (TPSA) is 191 Å². The number of anilines is 1. The van der Waals surface area contributed by atoms with Crippen molar-refractivity contribution >= 4 is 43.0 Å². The minimum absolute atomic E-state index is 0. The maximum atomic E-state index is 12.5. The number of nitrogen functional groups attached to an aromatic ring is 1. The number of fused-ring (bicyclic) bond motifs is 1. The van der Waals surface area contributed by atoms with Gasteiger partial charge in [0.2, 0.25) is 5.91 Å². The van der Waals surface area contributed by atoms with Gasteiger partial charge in [-0.25, -0.2) is 4.79 Å². The van der Waals surface area contributed by atoms with Gasteiger partial charge in [0.1, 0.15) is 18.0 Å². The van der Waals surface area contributed by atoms with Crippen LogP contribution in [0, 0.1) is 0 Å². The molecular formula is C16H17N4Na2O7PS. The number of benzene rings is 1. The summed E-state index contributed by atoms with van der Waals surface area (Å²) in [5.41, 5.74) is 10.9. The van der Waals surface area contributed by atoms with E-state index >= 15 is 0 Å². The molecule has 31 heavy (non-hydrogen) atoms. The average molecular weight is 486 g/mol. The van der Waals surface area contributed by atoms with Gasteiger partial charge in [0.25, 0.3) is 5.91 Å². The monoisotopic (exact) mass is 486 g/mol. The third kappa shape index (κ3) is 6.50. The first-order valence-electron chi connectivity index (χ1n) is 8.34. The van der Waals surface area contributed by atoms with E-state index in [1.165, 1.54) is 0 Å². The number of carbonyl (C=O) groups excluding carboxylic acids is 3. The van der Waals surface area contributed by atoms with E-state index in [9.17, 15) is 28.7 Å². The number of nitrogens with zero attached hydrogens (tertiary/aromatic N) is 1. The van der Waals surface area contributed by atoms with Crippen LogP contribution in [-0.4, -0.2) is 46.6 Å². The molecule has 11 nitrogen and oxygen atoms in total. The van der Waals surface area contributed by atoms with Gasteiger partial charge in [-0.2, -0.15) is 0 Å². The van der Waals surface area contributed by atoms with Crippen LogP contribution >= 0.6 is 19.4 Å². The van der Waals surface area contributed by atoms with Crippen molar-refractivity contribution in [1.29, 1.82) is 0 Å². The fraction of sp³-hybridized carbons (Fsp3) is 0.312. The second-order valence-corrected chi connectivity index (χ2v) is 8.89. The molecule has 0 spiro atoms. The summed E-state index contributed by atoms with van der Waals surface area (Å²) in [4.78, 5) is 59.8. The van der Waals surface area contributed by atoms with E-state index in [0.717, 1.165) is 16.7 Å². The van der Waals surface area contributed by atoms with Crippen LogP contribution < -0.4 is 85.7 Å². The summed E-state index contributed by atoms with van der Waals surface area (Å²) < 4.78 is 16.3. The fourth-order valence-electron chi connectivity index (χ4n) is 3.10. The van der Waals surface area contributed by atoms with Gasteiger partial charge in [-0.15, -0.1) is 11.8 Å². The number of nitrogens with one attached hydrogen (secondary N) is 1. The van der Waals surface area contributed by atoms with Crippen LogP contribution in [0.15, 0.2) is 35.3 Å². The summed E-state index contributed by atoms with van der Waals surface area (Å²) in [5.74, 6) is -1.19. The molecule has 1 fully saturated rings. The maximum Gasteiger partial charge on any atom is 1.00 e. The summed E-state index contributed by atoms with van der Waals surface area (Å²) in [6, 6.07) is 5.77. The predicted molar refractivity (Wildman–Crippen MR) is 99.7 cm³/mol. The van der Waals surface area contributed by atoms with Crippen LogP contribution in [0.4, 0.5) is 10.5 Å². The largest absolute Gasteiger partial charge is 1.00 e. The normalized spacial score (nSPS) is 19.9. The SMILES string of the molecule is NC(=O)OCC1=C(P(=O)([O-])[O-])N2C(=O)[C@@H](NC(=O)Cc3ccccc3N)[C@H]2SC1.[Na+].[Na+]. The molecule has 3 amide bonds. The smallest absolute Gasteiger partial charge is 0.806 e. The average Bonchev–Trinajstić information content (AvgIpc) is 2.64. The molecule has 0 unspecified atom stereocenters. The third-order valence-corrected chi connectivity index (χ3v) is 6.78. The zero-order chi connectivity index (χ0) is 21.3. The zero-order valence-electron chi connectivity index (χ0n) is 16.9. The first-order valence-corrected chi connectivity index (χ1v) is 10.9. The molecular weight excluding hydrogens is 469 g/mol. The molecule has 0 saturated carbocycles. The number of rotatable bonds is 6. The van der Waals surface area contributed by atoms with Crippen LogP contribution in [0.1, 0.15) is 5.56 Å². The Hall–Kier alpha value is -0.530. The van der Waals surface area contributed by atoms with Gasteiger partial charge in [-0.05, 0) is 19.2 Å². The molecule has 2 atom stereocenters. The fourth-order valence-corrected chi connectivity index (χ4v) is 5.63. The molecule has 1 saturated heterocycles. The van der Waals surface area contributed by atoms with Gasteiger partial charge in [0.05, 0.1) is 11.9 Å². The molecule has 15 heteroatoms. The molecule has 0 aromatic heterocycles. The molecule has 1 aromatic carbocycles. The second-order valence-electron chi connectivity index (χ2n) is 6.36. The van der Waals surface area contributed by atoms with Crippen LogP contribution in [0.3, 0.4) is 0 Å². The number of thioether (sulfide) groups is 1. The number of hydrogen-bond donors (Lipinski definition) is 3. The van der Waals surface area contributed by atoms with E-state index < -0.39 is 49.0 Å². The van der Waals surface area contributed by atoms with Crippen molar-refractivity contribution in [1.82, 2.24) is 10.2 Å². The van der Waals surface area contributed by atoms with E-state index in [2.05, 4.69) is 10.1 Å². The molecule has 156 valence electrons. The Labute approximate surface area is 226 Å². The van der Waals surface area contributed by atoms with Crippen LogP contribution in [0.25, 0.3) is 0 Å². The molecule has 1 aromatic rings. The number of carbonyl (C=O) groups is 3. The molecule has 2 heterocycles. The Kier molecular flexibility index (Phi) is 10.6. The van der Waals surface area contributed by atoms with E-state index in [0.29, 0.717) is 11.3 Å². The molecule has 0 radical (unpaired) electrons. The minimum atomic E-state index is -5.35. The Bertz CT molecular complexity index is 958. The summed E-state index contributed by atoms with van der Waals surface area (Å²) in [5, 5.41) is 1.79. The standard InChI is InChI=1S/C16H19N4O7PS.2Na/c17-10-4-2-1-3-8(10)5-11(21)19-12-13(22)20-14(28(24,25)26)9(6-27-16(18)23)7-29-15(12)20;;/h1-4,12,15H,5-7,17H2,(H2,18,23)(H,19,21)(H2,24,25,26);;/q;2*+1/p-2/t12-,15-;;/m1../s1. The van der Waals surface area contributed by atoms with E-state index in [4.69, 9.17) is 11.5 Å². The van der Waals surface area contributed by atoms with Crippen LogP contribution in [0.5, 0.6) is 0 Å². The molecule has 3 rings (SSSR count). The van der Waals surface area contributed by atoms with Gasteiger partial charge in [0, 0.05) is 17.0 Å². The van der Waals surface area contributed by atoms with Crippen molar-refractivity contribution in [3.63, 3.8) is 0 Å². The zero-order valence-corrected chi connectivity index (χ0v) is 22.6. The number of ether oxygens (including phenoxy) is 1. The minimum Gasteiger partial charge on any atom is -0.806 e. The Morgan fingerprint density at radius 1 is 1.29 bits per heavy atom. The third-order valence-electron chi connectivity index (χ3n) is 4.39. The summed E-state index contributed by atoms with van der Waals surface area (Å²) in [6.07, 6.45) is -1.20. The van der Waals surface area contributed by atoms with Gasteiger partial charge in [-0.3, -0.25) is 14.5 Å². The van der Waals surface area contributed by atoms with E-state index in [1.54, 1.807) is 24.3 Å². The van der Waals surface area contributed by atoms with Gasteiger partial charge in [0.15, 0.2) is 0 Å². The first kappa shape index (κ1) is 28.5. The first-order chi connectivity index (χ1) is 13.6. The summed E-state index contributed by atoms with van der Waals surface area (Å²) in [7, 11) is -5.35. The maximum absolute atomic E-state index is 12.5. The van der Waals surface area contributed by atoms with Crippen LogP contribution in [-0.2, 0) is 25.3 Å². The Morgan fingerprint density at radius 3 is 2.52 bits per heavy atom.